The van der Waals surface area contributed by atoms with E-state index in [1.807, 2.05) is 24.3 Å². The Morgan fingerprint density at radius 1 is 1.32 bits per heavy atom. The number of carbonyl (C=O) groups excluding carboxylic acids is 1. The summed E-state index contributed by atoms with van der Waals surface area (Å²) in [6.45, 7) is 4.18. The standard InChI is InChI=1S/C15H22ClNO2/c1-11(2)14(8-9-16)17-15(18)10-12-4-6-13(19-3)7-5-12/h4-7,11,14H,8-10H2,1-3H3,(H,17,18). The maximum Gasteiger partial charge on any atom is 0.224 e. The number of hydrogen-bond acceptors (Lipinski definition) is 2. The molecule has 0 saturated heterocycles. The molecule has 0 aliphatic carbocycles. The highest BCUT2D eigenvalue weighted by Gasteiger charge is 2.15. The summed E-state index contributed by atoms with van der Waals surface area (Å²) in [4.78, 5) is 12.0. The Morgan fingerprint density at radius 3 is 2.42 bits per heavy atom. The monoisotopic (exact) mass is 283 g/mol. The predicted molar refractivity (Wildman–Crippen MR) is 78.8 cm³/mol. The highest BCUT2D eigenvalue weighted by Crippen LogP contribution is 2.12. The van der Waals surface area contributed by atoms with Crippen LogP contribution in [0.5, 0.6) is 5.75 Å². The Bertz CT molecular complexity index is 390. The number of carbonyl (C=O) groups is 1. The average molecular weight is 284 g/mol. The molecule has 0 bridgehead atoms. The van der Waals surface area contributed by atoms with Gasteiger partial charge in [0.25, 0.3) is 0 Å². The molecule has 0 radical (unpaired) electrons. The Labute approximate surface area is 120 Å². The average Bonchev–Trinajstić information content (AvgIpc) is 2.39. The van der Waals surface area contributed by atoms with E-state index in [1.54, 1.807) is 7.11 Å². The van der Waals surface area contributed by atoms with Gasteiger partial charge in [-0.1, -0.05) is 26.0 Å². The summed E-state index contributed by atoms with van der Waals surface area (Å²) >= 11 is 5.75. The molecule has 1 unspecified atom stereocenters. The van der Waals surface area contributed by atoms with Gasteiger partial charge < -0.3 is 10.1 Å². The van der Waals surface area contributed by atoms with Crippen LogP contribution >= 0.6 is 11.6 Å². The summed E-state index contributed by atoms with van der Waals surface area (Å²) in [6.07, 6.45) is 1.18. The zero-order valence-corrected chi connectivity index (χ0v) is 12.5. The van der Waals surface area contributed by atoms with Crippen molar-refractivity contribution in [2.75, 3.05) is 13.0 Å². The van der Waals surface area contributed by atoms with Crippen LogP contribution < -0.4 is 10.1 Å². The second kappa shape index (κ2) is 8.05. The van der Waals surface area contributed by atoms with E-state index in [-0.39, 0.29) is 11.9 Å². The first-order valence-electron chi connectivity index (χ1n) is 6.55. The maximum atomic E-state index is 12.0. The van der Waals surface area contributed by atoms with E-state index in [9.17, 15) is 4.79 Å². The SMILES string of the molecule is COc1ccc(CC(=O)NC(CCCl)C(C)C)cc1. The molecule has 0 aliphatic heterocycles. The number of rotatable bonds is 7. The minimum absolute atomic E-state index is 0.0361. The zero-order chi connectivity index (χ0) is 14.3. The van der Waals surface area contributed by atoms with Gasteiger partial charge in [-0.25, -0.2) is 0 Å². The molecular weight excluding hydrogens is 262 g/mol. The van der Waals surface area contributed by atoms with E-state index in [4.69, 9.17) is 16.3 Å². The van der Waals surface area contributed by atoms with Gasteiger partial charge in [0, 0.05) is 11.9 Å². The summed E-state index contributed by atoms with van der Waals surface area (Å²) in [5, 5.41) is 3.04. The van der Waals surface area contributed by atoms with Crippen LogP contribution in [-0.4, -0.2) is 24.9 Å². The molecule has 0 saturated carbocycles. The van der Waals surface area contributed by atoms with E-state index in [0.717, 1.165) is 17.7 Å². The van der Waals surface area contributed by atoms with Crippen molar-refractivity contribution in [3.8, 4) is 5.75 Å². The molecule has 0 aliphatic rings. The third-order valence-corrected chi connectivity index (χ3v) is 3.31. The Kier molecular flexibility index (Phi) is 6.71. The van der Waals surface area contributed by atoms with Crippen molar-refractivity contribution in [1.29, 1.82) is 0 Å². The molecular formula is C15H22ClNO2. The molecule has 4 heteroatoms. The number of hydrogen-bond donors (Lipinski definition) is 1. The Morgan fingerprint density at radius 2 is 1.95 bits per heavy atom. The first kappa shape index (κ1) is 15.8. The fourth-order valence-corrected chi connectivity index (χ4v) is 2.11. The van der Waals surface area contributed by atoms with Crippen molar-refractivity contribution in [1.82, 2.24) is 5.32 Å². The van der Waals surface area contributed by atoms with Crippen LogP contribution in [0.2, 0.25) is 0 Å². The molecule has 0 heterocycles. The normalized spacial score (nSPS) is 12.3. The van der Waals surface area contributed by atoms with Crippen molar-refractivity contribution < 1.29 is 9.53 Å². The Balaban J connectivity index is 2.53. The number of alkyl halides is 1. The quantitative estimate of drug-likeness (QED) is 0.781. The first-order valence-corrected chi connectivity index (χ1v) is 7.08. The summed E-state index contributed by atoms with van der Waals surface area (Å²) in [6, 6.07) is 7.68. The van der Waals surface area contributed by atoms with Crippen molar-refractivity contribution in [2.24, 2.45) is 5.92 Å². The van der Waals surface area contributed by atoms with E-state index >= 15 is 0 Å². The van der Waals surface area contributed by atoms with Crippen LogP contribution in [0, 0.1) is 5.92 Å². The molecule has 0 fully saturated rings. The van der Waals surface area contributed by atoms with Crippen molar-refractivity contribution in [3.63, 3.8) is 0 Å². The second-order valence-electron chi connectivity index (χ2n) is 4.92. The van der Waals surface area contributed by atoms with E-state index in [1.165, 1.54) is 0 Å². The summed E-state index contributed by atoms with van der Waals surface area (Å²) < 4.78 is 5.09. The van der Waals surface area contributed by atoms with Gasteiger partial charge in [0.15, 0.2) is 0 Å². The van der Waals surface area contributed by atoms with E-state index in [2.05, 4.69) is 19.2 Å². The number of ether oxygens (including phenoxy) is 1. The lowest BCUT2D eigenvalue weighted by Crippen LogP contribution is -2.39. The van der Waals surface area contributed by atoms with Crippen LogP contribution in [0.1, 0.15) is 25.8 Å². The van der Waals surface area contributed by atoms with Gasteiger partial charge in [-0.3, -0.25) is 4.79 Å². The molecule has 1 N–H and O–H groups in total. The third kappa shape index (κ3) is 5.52. The molecule has 1 atom stereocenters. The lowest BCUT2D eigenvalue weighted by atomic mass is 10.0. The molecule has 1 aromatic carbocycles. The largest absolute Gasteiger partial charge is 0.497 e. The van der Waals surface area contributed by atoms with E-state index < -0.39 is 0 Å². The topological polar surface area (TPSA) is 38.3 Å². The van der Waals surface area contributed by atoms with Gasteiger partial charge in [0.1, 0.15) is 5.75 Å². The molecule has 19 heavy (non-hydrogen) atoms. The van der Waals surface area contributed by atoms with Crippen LogP contribution in [-0.2, 0) is 11.2 Å². The van der Waals surface area contributed by atoms with Crippen molar-refractivity contribution in [3.05, 3.63) is 29.8 Å². The lowest BCUT2D eigenvalue weighted by molar-refractivity contribution is -0.121. The predicted octanol–water partition coefficient (Wildman–Crippen LogP) is 3.01. The number of methoxy groups -OCH3 is 1. The number of halogens is 1. The Hall–Kier alpha value is -1.22. The maximum absolute atomic E-state index is 12.0. The first-order chi connectivity index (χ1) is 9.06. The summed E-state index contributed by atoms with van der Waals surface area (Å²) in [5.74, 6) is 1.78. The fraction of sp³-hybridized carbons (Fsp3) is 0.533. The molecule has 0 spiro atoms. The number of benzene rings is 1. The number of nitrogens with one attached hydrogen (secondary N) is 1. The highest BCUT2D eigenvalue weighted by atomic mass is 35.5. The zero-order valence-electron chi connectivity index (χ0n) is 11.8. The fourth-order valence-electron chi connectivity index (χ4n) is 1.88. The molecule has 0 aromatic heterocycles. The van der Waals surface area contributed by atoms with Gasteiger partial charge in [0.2, 0.25) is 5.91 Å². The van der Waals surface area contributed by atoms with E-state index in [0.29, 0.717) is 18.2 Å². The van der Waals surface area contributed by atoms with Crippen LogP contribution in [0.4, 0.5) is 0 Å². The molecule has 106 valence electrons. The molecule has 1 aromatic rings. The molecule has 1 rings (SSSR count). The highest BCUT2D eigenvalue weighted by molar-refractivity contribution is 6.17. The summed E-state index contributed by atoms with van der Waals surface area (Å²) in [7, 11) is 1.63. The lowest BCUT2D eigenvalue weighted by Gasteiger charge is -2.21. The third-order valence-electron chi connectivity index (χ3n) is 3.09. The second-order valence-corrected chi connectivity index (χ2v) is 5.30. The van der Waals surface area contributed by atoms with Crippen molar-refractivity contribution in [2.45, 2.75) is 32.7 Å². The van der Waals surface area contributed by atoms with Crippen LogP contribution in [0.15, 0.2) is 24.3 Å². The minimum Gasteiger partial charge on any atom is -0.497 e. The molecule has 1 amide bonds. The van der Waals surface area contributed by atoms with Gasteiger partial charge >= 0.3 is 0 Å². The molecule has 3 nitrogen and oxygen atoms in total. The van der Waals surface area contributed by atoms with Gasteiger partial charge in [0.05, 0.1) is 13.5 Å². The summed E-state index contributed by atoms with van der Waals surface area (Å²) in [5.41, 5.74) is 0.978. The van der Waals surface area contributed by atoms with Crippen LogP contribution in [0.3, 0.4) is 0 Å². The van der Waals surface area contributed by atoms with Crippen LogP contribution in [0.25, 0.3) is 0 Å². The minimum atomic E-state index is 0.0361. The number of amides is 1. The van der Waals surface area contributed by atoms with Gasteiger partial charge in [-0.05, 0) is 30.0 Å². The van der Waals surface area contributed by atoms with Gasteiger partial charge in [-0.2, -0.15) is 0 Å². The van der Waals surface area contributed by atoms with Gasteiger partial charge in [-0.15, -0.1) is 11.6 Å². The smallest absolute Gasteiger partial charge is 0.224 e. The van der Waals surface area contributed by atoms with Crippen molar-refractivity contribution >= 4 is 17.5 Å².